The van der Waals surface area contributed by atoms with Crippen molar-refractivity contribution < 1.29 is 9.90 Å². The molecule has 0 aromatic heterocycles. The van der Waals surface area contributed by atoms with E-state index in [2.05, 4.69) is 17.1 Å². The first-order chi connectivity index (χ1) is 10.8. The van der Waals surface area contributed by atoms with Crippen LogP contribution in [0.1, 0.15) is 56.0 Å². The van der Waals surface area contributed by atoms with Crippen molar-refractivity contribution in [3.05, 3.63) is 35.4 Å². The van der Waals surface area contributed by atoms with Crippen molar-refractivity contribution in [2.45, 2.75) is 58.1 Å². The Morgan fingerprint density at radius 3 is 2.43 bits per heavy atom. The zero-order chi connectivity index (χ0) is 16.9. The minimum absolute atomic E-state index is 0.00918. The minimum atomic E-state index is -0.651. The number of carbonyl (C=O) groups excluding carboxylic acids is 1. The molecule has 128 valence electrons. The van der Waals surface area contributed by atoms with Gasteiger partial charge in [-0.05, 0) is 77.2 Å². The van der Waals surface area contributed by atoms with Crippen LogP contribution in [0.3, 0.4) is 0 Å². The first-order valence-corrected chi connectivity index (χ1v) is 8.69. The molecule has 0 aliphatic carbocycles. The normalized spacial score (nSPS) is 17.2. The maximum absolute atomic E-state index is 12.2. The molecular formula is C19H30N2O2. The molecule has 1 atom stereocenters. The standard InChI is InChI=1S/C19H30N2O2/c1-15(21-12-4-5-13-21)14-20-18(22)17-8-6-16(7-9-17)10-11-19(2,3)23/h6-9,15,23H,4-5,10-14H2,1-3H3,(H,20,22)/t15-/m0/s1. The molecule has 1 aliphatic heterocycles. The molecule has 0 saturated carbocycles. The van der Waals surface area contributed by atoms with Crippen molar-refractivity contribution in [3.8, 4) is 0 Å². The summed E-state index contributed by atoms with van der Waals surface area (Å²) in [6.07, 6.45) is 4.07. The number of aryl methyl sites for hydroxylation is 1. The Bertz CT molecular complexity index is 499. The Morgan fingerprint density at radius 1 is 1.26 bits per heavy atom. The highest BCUT2D eigenvalue weighted by molar-refractivity contribution is 5.94. The van der Waals surface area contributed by atoms with Crippen LogP contribution in [-0.4, -0.2) is 47.2 Å². The van der Waals surface area contributed by atoms with Crippen LogP contribution >= 0.6 is 0 Å². The summed E-state index contributed by atoms with van der Waals surface area (Å²) in [7, 11) is 0. The van der Waals surface area contributed by atoms with E-state index in [9.17, 15) is 9.90 Å². The van der Waals surface area contributed by atoms with Crippen LogP contribution in [0.15, 0.2) is 24.3 Å². The van der Waals surface area contributed by atoms with Gasteiger partial charge in [-0.15, -0.1) is 0 Å². The van der Waals surface area contributed by atoms with E-state index < -0.39 is 5.60 Å². The van der Waals surface area contributed by atoms with E-state index in [1.54, 1.807) is 0 Å². The van der Waals surface area contributed by atoms with Gasteiger partial charge < -0.3 is 10.4 Å². The van der Waals surface area contributed by atoms with Crippen molar-refractivity contribution in [2.75, 3.05) is 19.6 Å². The number of carbonyl (C=O) groups is 1. The third kappa shape index (κ3) is 5.96. The fourth-order valence-corrected chi connectivity index (χ4v) is 2.93. The Kier molecular flexibility index (Phi) is 6.19. The number of nitrogens with one attached hydrogen (secondary N) is 1. The van der Waals surface area contributed by atoms with Crippen molar-refractivity contribution in [1.29, 1.82) is 0 Å². The van der Waals surface area contributed by atoms with Crippen LogP contribution in [0.2, 0.25) is 0 Å². The number of nitrogens with zero attached hydrogens (tertiary/aromatic N) is 1. The van der Waals surface area contributed by atoms with E-state index in [0.29, 0.717) is 24.6 Å². The Balaban J connectivity index is 1.80. The lowest BCUT2D eigenvalue weighted by molar-refractivity contribution is 0.0713. The van der Waals surface area contributed by atoms with Gasteiger partial charge in [-0.1, -0.05) is 12.1 Å². The van der Waals surface area contributed by atoms with Crippen molar-refractivity contribution in [1.82, 2.24) is 10.2 Å². The molecule has 0 spiro atoms. The van der Waals surface area contributed by atoms with Crippen LogP contribution in [0.5, 0.6) is 0 Å². The fourth-order valence-electron chi connectivity index (χ4n) is 2.93. The number of benzene rings is 1. The van der Waals surface area contributed by atoms with Gasteiger partial charge in [0.15, 0.2) is 0 Å². The first kappa shape index (κ1) is 18.0. The average molecular weight is 318 g/mol. The maximum atomic E-state index is 12.2. The molecule has 1 amide bonds. The number of likely N-dealkylation sites (tertiary alicyclic amines) is 1. The van der Waals surface area contributed by atoms with Gasteiger partial charge in [0.05, 0.1) is 5.60 Å². The lowest BCUT2D eigenvalue weighted by atomic mass is 9.98. The Hall–Kier alpha value is -1.39. The van der Waals surface area contributed by atoms with E-state index in [0.717, 1.165) is 25.1 Å². The summed E-state index contributed by atoms with van der Waals surface area (Å²) in [4.78, 5) is 14.7. The van der Waals surface area contributed by atoms with E-state index in [1.165, 1.54) is 12.8 Å². The molecule has 1 aromatic rings. The SMILES string of the molecule is C[C@@H](CNC(=O)c1ccc(CCC(C)(C)O)cc1)N1CCCC1. The smallest absolute Gasteiger partial charge is 0.251 e. The van der Waals surface area contributed by atoms with Crippen LogP contribution in [0.4, 0.5) is 0 Å². The van der Waals surface area contributed by atoms with Crippen LogP contribution in [0.25, 0.3) is 0 Å². The molecular weight excluding hydrogens is 288 g/mol. The minimum Gasteiger partial charge on any atom is -0.390 e. The fraction of sp³-hybridized carbons (Fsp3) is 0.632. The molecule has 1 heterocycles. The lowest BCUT2D eigenvalue weighted by Crippen LogP contribution is -2.40. The highest BCUT2D eigenvalue weighted by Gasteiger charge is 2.18. The second-order valence-electron chi connectivity index (χ2n) is 7.31. The second kappa shape index (κ2) is 7.93. The zero-order valence-corrected chi connectivity index (χ0v) is 14.6. The number of aliphatic hydroxyl groups is 1. The summed E-state index contributed by atoms with van der Waals surface area (Å²) < 4.78 is 0. The molecule has 1 aromatic carbocycles. The maximum Gasteiger partial charge on any atom is 0.251 e. The largest absolute Gasteiger partial charge is 0.390 e. The molecule has 0 unspecified atom stereocenters. The quantitative estimate of drug-likeness (QED) is 0.812. The monoisotopic (exact) mass is 318 g/mol. The zero-order valence-electron chi connectivity index (χ0n) is 14.6. The van der Waals surface area contributed by atoms with Gasteiger partial charge in [0.2, 0.25) is 0 Å². The summed E-state index contributed by atoms with van der Waals surface area (Å²) in [6, 6.07) is 8.09. The van der Waals surface area contributed by atoms with Gasteiger partial charge in [0, 0.05) is 18.2 Å². The molecule has 1 fully saturated rings. The molecule has 2 N–H and O–H groups in total. The summed E-state index contributed by atoms with van der Waals surface area (Å²) >= 11 is 0. The third-order valence-corrected chi connectivity index (χ3v) is 4.56. The van der Waals surface area contributed by atoms with Gasteiger partial charge in [0.1, 0.15) is 0 Å². The number of rotatable bonds is 7. The van der Waals surface area contributed by atoms with Crippen LogP contribution < -0.4 is 5.32 Å². The average Bonchev–Trinajstić information content (AvgIpc) is 3.04. The molecule has 1 aliphatic rings. The Morgan fingerprint density at radius 2 is 1.87 bits per heavy atom. The molecule has 23 heavy (non-hydrogen) atoms. The van der Waals surface area contributed by atoms with E-state index >= 15 is 0 Å². The van der Waals surface area contributed by atoms with Gasteiger partial charge >= 0.3 is 0 Å². The molecule has 1 saturated heterocycles. The predicted octanol–water partition coefficient (Wildman–Crippen LogP) is 2.60. The molecule has 4 nitrogen and oxygen atoms in total. The van der Waals surface area contributed by atoms with Gasteiger partial charge in [-0.25, -0.2) is 0 Å². The van der Waals surface area contributed by atoms with E-state index in [1.807, 2.05) is 38.1 Å². The van der Waals surface area contributed by atoms with Crippen molar-refractivity contribution >= 4 is 5.91 Å². The van der Waals surface area contributed by atoms with Crippen LogP contribution in [-0.2, 0) is 6.42 Å². The Labute approximate surface area is 139 Å². The van der Waals surface area contributed by atoms with Crippen molar-refractivity contribution in [3.63, 3.8) is 0 Å². The molecule has 0 bridgehead atoms. The van der Waals surface area contributed by atoms with Gasteiger partial charge in [-0.2, -0.15) is 0 Å². The first-order valence-electron chi connectivity index (χ1n) is 8.69. The molecule has 4 heteroatoms. The summed E-state index contributed by atoms with van der Waals surface area (Å²) in [5, 5.41) is 12.8. The lowest BCUT2D eigenvalue weighted by Gasteiger charge is -2.23. The summed E-state index contributed by atoms with van der Waals surface area (Å²) in [5.74, 6) is -0.00918. The highest BCUT2D eigenvalue weighted by atomic mass is 16.3. The predicted molar refractivity (Wildman–Crippen MR) is 93.7 cm³/mol. The number of hydrogen-bond donors (Lipinski definition) is 2. The summed E-state index contributed by atoms with van der Waals surface area (Å²) in [5.41, 5.74) is 1.20. The van der Waals surface area contributed by atoms with Gasteiger partial charge in [0.25, 0.3) is 5.91 Å². The van der Waals surface area contributed by atoms with Crippen molar-refractivity contribution in [2.24, 2.45) is 0 Å². The molecule has 2 rings (SSSR count). The second-order valence-corrected chi connectivity index (χ2v) is 7.31. The van der Waals surface area contributed by atoms with E-state index in [4.69, 9.17) is 0 Å². The number of hydrogen-bond acceptors (Lipinski definition) is 3. The highest BCUT2D eigenvalue weighted by Crippen LogP contribution is 2.14. The van der Waals surface area contributed by atoms with E-state index in [-0.39, 0.29) is 5.91 Å². The molecule has 0 radical (unpaired) electrons. The van der Waals surface area contributed by atoms with Gasteiger partial charge in [-0.3, -0.25) is 9.69 Å². The van der Waals surface area contributed by atoms with Crippen LogP contribution in [0, 0.1) is 0 Å². The topological polar surface area (TPSA) is 52.6 Å². The third-order valence-electron chi connectivity index (χ3n) is 4.56. The number of amides is 1. The summed E-state index contributed by atoms with van der Waals surface area (Å²) in [6.45, 7) is 8.79.